The van der Waals surface area contributed by atoms with Crippen LogP contribution in [0.4, 0.5) is 5.69 Å². The van der Waals surface area contributed by atoms with Crippen LogP contribution in [-0.2, 0) is 6.54 Å². The van der Waals surface area contributed by atoms with Gasteiger partial charge in [0.2, 0.25) is 0 Å². The zero-order valence-corrected chi connectivity index (χ0v) is 11.8. The topological polar surface area (TPSA) is 55.6 Å². The molecule has 1 aromatic carbocycles. The highest BCUT2D eigenvalue weighted by Gasteiger charge is 2.19. The number of hydrogen-bond acceptors (Lipinski definition) is 5. The van der Waals surface area contributed by atoms with Gasteiger partial charge in [0.15, 0.2) is 0 Å². The smallest absolute Gasteiger partial charge is 0.106 e. The fourth-order valence-electron chi connectivity index (χ4n) is 2.42. The molecule has 1 saturated carbocycles. The van der Waals surface area contributed by atoms with Gasteiger partial charge >= 0.3 is 0 Å². The van der Waals surface area contributed by atoms with E-state index in [1.807, 2.05) is 24.4 Å². The van der Waals surface area contributed by atoms with Crippen LogP contribution in [0.2, 0.25) is 0 Å². The van der Waals surface area contributed by atoms with Crippen LogP contribution >= 0.6 is 11.7 Å². The van der Waals surface area contributed by atoms with Crippen LogP contribution in [0.3, 0.4) is 0 Å². The predicted octanol–water partition coefficient (Wildman–Crippen LogP) is 3.22. The van der Waals surface area contributed by atoms with Gasteiger partial charge in [0.05, 0.1) is 24.0 Å². The summed E-state index contributed by atoms with van der Waals surface area (Å²) in [6.45, 7) is 0.787. The molecule has 0 saturated heterocycles. The summed E-state index contributed by atoms with van der Waals surface area (Å²) in [5.41, 5.74) is 4.19. The summed E-state index contributed by atoms with van der Waals surface area (Å²) in [4.78, 5) is 0. The number of nitrogens with zero attached hydrogens (tertiary/aromatic N) is 4. The molecule has 1 aliphatic rings. The van der Waals surface area contributed by atoms with Gasteiger partial charge in [0.1, 0.15) is 11.0 Å². The Morgan fingerprint density at radius 3 is 3.00 bits per heavy atom. The van der Waals surface area contributed by atoms with Gasteiger partial charge < -0.3 is 5.32 Å². The van der Waals surface area contributed by atoms with Crippen LogP contribution in [0.5, 0.6) is 0 Å². The van der Waals surface area contributed by atoms with Crippen molar-refractivity contribution in [2.24, 2.45) is 0 Å². The molecule has 102 valence electrons. The molecule has 0 amide bonds. The van der Waals surface area contributed by atoms with Crippen LogP contribution in [-0.4, -0.2) is 18.5 Å². The van der Waals surface area contributed by atoms with Gasteiger partial charge in [-0.05, 0) is 37.5 Å². The third kappa shape index (κ3) is 2.16. The van der Waals surface area contributed by atoms with Gasteiger partial charge in [0, 0.05) is 24.0 Å². The highest BCUT2D eigenvalue weighted by molar-refractivity contribution is 7.00. The summed E-state index contributed by atoms with van der Waals surface area (Å²) in [5.74, 6) is 0. The van der Waals surface area contributed by atoms with Crippen LogP contribution in [0.1, 0.15) is 30.9 Å². The zero-order valence-electron chi connectivity index (χ0n) is 11.0. The van der Waals surface area contributed by atoms with E-state index in [-0.39, 0.29) is 0 Å². The van der Waals surface area contributed by atoms with Crippen molar-refractivity contribution in [1.82, 2.24) is 18.5 Å². The average molecular weight is 285 g/mol. The minimum atomic E-state index is 0.626. The Kier molecular flexibility index (Phi) is 2.88. The van der Waals surface area contributed by atoms with E-state index in [9.17, 15) is 0 Å². The minimum Gasteiger partial charge on any atom is -0.381 e. The molecule has 3 aromatic rings. The second-order valence-corrected chi connectivity index (χ2v) is 5.76. The van der Waals surface area contributed by atoms with Crippen molar-refractivity contribution in [3.63, 3.8) is 0 Å². The molecule has 2 aromatic heterocycles. The van der Waals surface area contributed by atoms with Crippen LogP contribution in [0.15, 0.2) is 30.6 Å². The molecule has 1 aliphatic carbocycles. The van der Waals surface area contributed by atoms with Crippen LogP contribution < -0.4 is 5.32 Å². The molecule has 0 bridgehead atoms. The van der Waals surface area contributed by atoms with Gasteiger partial charge in [-0.2, -0.15) is 13.8 Å². The lowest BCUT2D eigenvalue weighted by Gasteiger charge is -2.25. The third-order valence-corrected chi connectivity index (χ3v) is 4.41. The molecule has 4 rings (SSSR count). The second-order valence-electron chi connectivity index (χ2n) is 5.23. The Morgan fingerprint density at radius 2 is 2.15 bits per heavy atom. The van der Waals surface area contributed by atoms with E-state index in [1.54, 1.807) is 0 Å². The first-order valence-electron chi connectivity index (χ1n) is 6.88. The Bertz CT molecular complexity index is 728. The van der Waals surface area contributed by atoms with Crippen LogP contribution in [0, 0.1) is 0 Å². The summed E-state index contributed by atoms with van der Waals surface area (Å²) in [6.07, 6.45) is 7.97. The van der Waals surface area contributed by atoms with Crippen molar-refractivity contribution in [3.05, 3.63) is 36.2 Å². The summed E-state index contributed by atoms with van der Waals surface area (Å²) in [6, 6.07) is 6.70. The van der Waals surface area contributed by atoms with Crippen molar-refractivity contribution in [1.29, 1.82) is 0 Å². The van der Waals surface area contributed by atoms with Crippen LogP contribution in [0.25, 0.3) is 11.0 Å². The van der Waals surface area contributed by atoms with Gasteiger partial charge in [-0.1, -0.05) is 0 Å². The van der Waals surface area contributed by atoms with Crippen molar-refractivity contribution in [2.45, 2.75) is 31.8 Å². The van der Waals surface area contributed by atoms with E-state index < -0.39 is 0 Å². The first kappa shape index (κ1) is 11.8. The largest absolute Gasteiger partial charge is 0.381 e. The lowest BCUT2D eigenvalue weighted by molar-refractivity contribution is 0.289. The molecule has 6 heteroatoms. The number of fused-ring (bicyclic) bond motifs is 1. The van der Waals surface area contributed by atoms with E-state index in [0.717, 1.165) is 23.3 Å². The van der Waals surface area contributed by atoms with Crippen molar-refractivity contribution in [3.8, 4) is 0 Å². The summed E-state index contributed by atoms with van der Waals surface area (Å²) in [7, 11) is 0. The molecule has 0 radical (unpaired) electrons. The molecule has 20 heavy (non-hydrogen) atoms. The molecule has 2 heterocycles. The monoisotopic (exact) mass is 285 g/mol. The average Bonchev–Trinajstić information content (AvgIpc) is 3.02. The highest BCUT2D eigenvalue weighted by Crippen LogP contribution is 2.30. The maximum Gasteiger partial charge on any atom is 0.106 e. The maximum atomic E-state index is 4.45. The fraction of sp³-hybridized carbons (Fsp3) is 0.357. The first-order valence-corrected chi connectivity index (χ1v) is 7.61. The summed E-state index contributed by atoms with van der Waals surface area (Å²) >= 11 is 1.25. The molecule has 0 aliphatic heterocycles. The SMILES string of the molecule is c1nn(C2CCC2)cc1CNc1ccc2nsnc2c1. The molecule has 5 nitrogen and oxygen atoms in total. The highest BCUT2D eigenvalue weighted by atomic mass is 32.1. The van der Waals surface area contributed by atoms with E-state index in [4.69, 9.17) is 0 Å². The third-order valence-electron chi connectivity index (χ3n) is 3.85. The van der Waals surface area contributed by atoms with Crippen molar-refractivity contribution in [2.75, 3.05) is 5.32 Å². The lowest BCUT2D eigenvalue weighted by atomic mass is 9.93. The molecule has 0 spiro atoms. The molecule has 0 unspecified atom stereocenters. The predicted molar refractivity (Wildman–Crippen MR) is 79.9 cm³/mol. The standard InChI is InChI=1S/C14H15N5S/c1-2-12(3-1)19-9-10(8-16-19)7-15-11-4-5-13-14(6-11)18-20-17-13/h4-6,8-9,12,15H,1-3,7H2. The van der Waals surface area contributed by atoms with E-state index in [1.165, 1.54) is 36.6 Å². The number of benzene rings is 1. The molecule has 1 N–H and O–H groups in total. The normalized spacial score (nSPS) is 15.4. The number of nitrogens with one attached hydrogen (secondary N) is 1. The molecule has 1 fully saturated rings. The second kappa shape index (κ2) is 4.86. The quantitative estimate of drug-likeness (QED) is 0.799. The van der Waals surface area contributed by atoms with Gasteiger partial charge in [0.25, 0.3) is 0 Å². The molecular weight excluding hydrogens is 270 g/mol. The minimum absolute atomic E-state index is 0.626. The van der Waals surface area contributed by atoms with Gasteiger partial charge in [-0.15, -0.1) is 0 Å². The molecule has 0 atom stereocenters. The Morgan fingerprint density at radius 1 is 1.25 bits per heavy atom. The Hall–Kier alpha value is -1.95. The zero-order chi connectivity index (χ0) is 13.4. The Labute approximate surface area is 121 Å². The van der Waals surface area contributed by atoms with E-state index in [0.29, 0.717) is 6.04 Å². The lowest BCUT2D eigenvalue weighted by Crippen LogP contribution is -2.17. The van der Waals surface area contributed by atoms with Crippen molar-refractivity contribution < 1.29 is 0 Å². The molecular formula is C14H15N5S. The number of anilines is 1. The number of aromatic nitrogens is 4. The maximum absolute atomic E-state index is 4.45. The summed E-state index contributed by atoms with van der Waals surface area (Å²) in [5, 5.41) is 7.86. The number of rotatable bonds is 4. The number of hydrogen-bond donors (Lipinski definition) is 1. The van der Waals surface area contributed by atoms with E-state index >= 15 is 0 Å². The fourth-order valence-corrected chi connectivity index (χ4v) is 2.93. The van der Waals surface area contributed by atoms with Gasteiger partial charge in [-0.3, -0.25) is 4.68 Å². The van der Waals surface area contributed by atoms with Gasteiger partial charge in [-0.25, -0.2) is 0 Å². The van der Waals surface area contributed by atoms with E-state index in [2.05, 4.69) is 30.0 Å². The Balaban J connectivity index is 1.44. The summed E-state index contributed by atoms with van der Waals surface area (Å²) < 4.78 is 10.6. The first-order chi connectivity index (χ1) is 9.88. The van der Waals surface area contributed by atoms with Crippen molar-refractivity contribution >= 4 is 28.4 Å².